The number of carbonyl (C=O) groups excluding carboxylic acids is 3. The van der Waals surface area contributed by atoms with Crippen LogP contribution in [0.5, 0.6) is 0 Å². The van der Waals surface area contributed by atoms with Crippen molar-refractivity contribution in [3.8, 4) is 0 Å². The summed E-state index contributed by atoms with van der Waals surface area (Å²) in [6.07, 6.45) is 1.57. The van der Waals surface area contributed by atoms with Gasteiger partial charge in [0.05, 0.1) is 12.2 Å². The van der Waals surface area contributed by atoms with Gasteiger partial charge in [0.15, 0.2) is 0 Å². The molecule has 0 aromatic carbocycles. The molecule has 2 heterocycles. The van der Waals surface area contributed by atoms with Gasteiger partial charge >= 0.3 is 17.8 Å². The molecule has 0 saturated carbocycles. The average Bonchev–Trinajstić information content (AvgIpc) is 2.57. The van der Waals surface area contributed by atoms with Crippen molar-refractivity contribution >= 4 is 23.5 Å². The highest BCUT2D eigenvalue weighted by Crippen LogP contribution is 2.15. The Morgan fingerprint density at radius 3 is 2.56 bits per heavy atom. The summed E-state index contributed by atoms with van der Waals surface area (Å²) >= 11 is 0. The smallest absolute Gasteiger partial charge is 0.334 e. The molecule has 0 spiro atoms. The van der Waals surface area contributed by atoms with Crippen LogP contribution in [0.1, 0.15) is 5.69 Å². The number of aromatic nitrogens is 1. The molecule has 4 amide bonds. The second-order valence-electron chi connectivity index (χ2n) is 3.82. The van der Waals surface area contributed by atoms with Crippen molar-refractivity contribution in [3.05, 3.63) is 24.0 Å². The summed E-state index contributed by atoms with van der Waals surface area (Å²) in [5, 5.41) is 2.93. The summed E-state index contributed by atoms with van der Waals surface area (Å²) in [5.41, 5.74) is 1.35. The van der Waals surface area contributed by atoms with Crippen LogP contribution < -0.4 is 5.32 Å². The van der Waals surface area contributed by atoms with Gasteiger partial charge in [0.2, 0.25) is 0 Å². The van der Waals surface area contributed by atoms with E-state index in [0.29, 0.717) is 5.69 Å². The van der Waals surface area contributed by atoms with E-state index in [0.717, 1.165) is 15.5 Å². The topological polar surface area (TPSA) is 82.6 Å². The second kappa shape index (κ2) is 4.44. The van der Waals surface area contributed by atoms with Crippen LogP contribution in [-0.4, -0.2) is 46.7 Å². The summed E-state index contributed by atoms with van der Waals surface area (Å²) in [6, 6.07) is 2.85. The number of anilines is 1. The molecule has 94 valence electrons. The Morgan fingerprint density at radius 1 is 1.28 bits per heavy atom. The number of rotatable bonds is 3. The van der Waals surface area contributed by atoms with Crippen molar-refractivity contribution in [2.45, 2.75) is 6.54 Å². The van der Waals surface area contributed by atoms with Crippen LogP contribution in [0.3, 0.4) is 0 Å². The Labute approximate surface area is 103 Å². The first-order valence-corrected chi connectivity index (χ1v) is 5.30. The van der Waals surface area contributed by atoms with Gasteiger partial charge in [-0.05, 0) is 12.1 Å². The first-order chi connectivity index (χ1) is 8.54. The molecule has 0 aliphatic carbocycles. The minimum atomic E-state index is -0.820. The van der Waals surface area contributed by atoms with E-state index in [2.05, 4.69) is 10.3 Å². The number of nitrogens with one attached hydrogen (secondary N) is 1. The van der Waals surface area contributed by atoms with Crippen molar-refractivity contribution in [3.63, 3.8) is 0 Å². The van der Waals surface area contributed by atoms with E-state index in [9.17, 15) is 14.4 Å². The molecule has 1 aliphatic heterocycles. The van der Waals surface area contributed by atoms with Crippen LogP contribution in [0.2, 0.25) is 0 Å². The van der Waals surface area contributed by atoms with E-state index < -0.39 is 17.8 Å². The number of amides is 4. The Balaban J connectivity index is 2.21. The Hall–Kier alpha value is -2.44. The quantitative estimate of drug-likeness (QED) is 0.603. The largest absolute Gasteiger partial charge is 0.388 e. The maximum atomic E-state index is 11.7. The van der Waals surface area contributed by atoms with Crippen molar-refractivity contribution in [1.82, 2.24) is 14.8 Å². The van der Waals surface area contributed by atoms with Gasteiger partial charge in [-0.15, -0.1) is 0 Å². The third-order valence-corrected chi connectivity index (χ3v) is 2.68. The number of hydrogen-bond donors (Lipinski definition) is 1. The summed E-state index contributed by atoms with van der Waals surface area (Å²) in [7, 11) is 3.03. The van der Waals surface area contributed by atoms with E-state index in [1.54, 1.807) is 25.4 Å². The predicted molar refractivity (Wildman–Crippen MR) is 62.5 cm³/mol. The molecule has 0 unspecified atom stereocenters. The lowest BCUT2D eigenvalue weighted by molar-refractivity contribution is -0.143. The molecule has 1 aromatic rings. The number of imide groups is 2. The van der Waals surface area contributed by atoms with E-state index >= 15 is 0 Å². The van der Waals surface area contributed by atoms with Crippen LogP contribution in [-0.2, 0) is 16.1 Å². The lowest BCUT2D eigenvalue weighted by atomic mass is 10.3. The molecular formula is C11H12N4O3. The average molecular weight is 248 g/mol. The molecule has 1 fully saturated rings. The van der Waals surface area contributed by atoms with Crippen LogP contribution in [0.25, 0.3) is 0 Å². The normalized spacial score (nSPS) is 15.6. The number of urea groups is 1. The Bertz CT molecular complexity index is 529. The molecule has 7 heteroatoms. The second-order valence-corrected chi connectivity index (χ2v) is 3.82. The van der Waals surface area contributed by atoms with Gasteiger partial charge in [-0.25, -0.2) is 9.69 Å². The van der Waals surface area contributed by atoms with Crippen molar-refractivity contribution in [2.75, 3.05) is 19.4 Å². The highest BCUT2D eigenvalue weighted by Gasteiger charge is 2.42. The maximum absolute atomic E-state index is 11.7. The standard InChI is InChI=1S/C11H12N4O3/c1-12-7-3-4-13-8(5-7)6-15-10(17)9(16)14(2)11(15)18/h3-5H,6H2,1-2H3,(H,12,13). The fourth-order valence-electron chi connectivity index (χ4n) is 1.64. The van der Waals surface area contributed by atoms with Crippen molar-refractivity contribution < 1.29 is 14.4 Å². The minimum absolute atomic E-state index is 0.0106. The first kappa shape index (κ1) is 12.0. The highest BCUT2D eigenvalue weighted by atomic mass is 16.2. The van der Waals surface area contributed by atoms with Gasteiger partial charge in [0.25, 0.3) is 0 Å². The molecule has 1 saturated heterocycles. The third-order valence-electron chi connectivity index (χ3n) is 2.68. The summed E-state index contributed by atoms with van der Waals surface area (Å²) in [4.78, 5) is 40.3. The van der Waals surface area contributed by atoms with Crippen LogP contribution in [0, 0.1) is 0 Å². The molecule has 18 heavy (non-hydrogen) atoms. The zero-order valence-corrected chi connectivity index (χ0v) is 10.0. The SMILES string of the molecule is CNc1ccnc(CN2C(=O)C(=O)N(C)C2=O)c1. The number of carbonyl (C=O) groups is 3. The summed E-state index contributed by atoms with van der Waals surface area (Å²) in [5.74, 6) is -1.64. The fraction of sp³-hybridized carbons (Fsp3) is 0.273. The van der Waals surface area contributed by atoms with Crippen LogP contribution in [0.4, 0.5) is 10.5 Å². The number of likely N-dealkylation sites (N-methyl/N-ethyl adjacent to an activating group) is 1. The lowest BCUT2D eigenvalue weighted by Gasteiger charge is -2.12. The maximum Gasteiger partial charge on any atom is 0.334 e. The van der Waals surface area contributed by atoms with E-state index in [1.165, 1.54) is 7.05 Å². The van der Waals surface area contributed by atoms with Gasteiger partial charge < -0.3 is 5.32 Å². The van der Waals surface area contributed by atoms with Gasteiger partial charge in [-0.2, -0.15) is 0 Å². The zero-order valence-electron chi connectivity index (χ0n) is 10.0. The van der Waals surface area contributed by atoms with Gasteiger partial charge in [-0.3, -0.25) is 19.5 Å². The zero-order chi connectivity index (χ0) is 13.3. The molecule has 7 nitrogen and oxygen atoms in total. The van der Waals surface area contributed by atoms with Crippen LogP contribution in [0.15, 0.2) is 18.3 Å². The Morgan fingerprint density at radius 2 is 2.00 bits per heavy atom. The lowest BCUT2D eigenvalue weighted by Crippen LogP contribution is -2.31. The number of nitrogens with zero attached hydrogens (tertiary/aromatic N) is 3. The predicted octanol–water partition coefficient (Wildman–Crippen LogP) is 0.0439. The van der Waals surface area contributed by atoms with Gasteiger partial charge in [-0.1, -0.05) is 0 Å². The number of pyridine rings is 1. The molecule has 1 aliphatic rings. The fourth-order valence-corrected chi connectivity index (χ4v) is 1.64. The Kier molecular flexibility index (Phi) is 2.97. The third kappa shape index (κ3) is 1.90. The van der Waals surface area contributed by atoms with E-state index in [-0.39, 0.29) is 6.54 Å². The first-order valence-electron chi connectivity index (χ1n) is 5.30. The highest BCUT2D eigenvalue weighted by molar-refractivity contribution is 6.44. The minimum Gasteiger partial charge on any atom is -0.388 e. The molecule has 1 aromatic heterocycles. The van der Waals surface area contributed by atoms with Crippen molar-refractivity contribution in [2.24, 2.45) is 0 Å². The molecule has 1 N–H and O–H groups in total. The molecule has 0 atom stereocenters. The number of hydrogen-bond acceptors (Lipinski definition) is 5. The van der Waals surface area contributed by atoms with Crippen LogP contribution >= 0.6 is 0 Å². The molecule has 0 bridgehead atoms. The molecule has 0 radical (unpaired) electrons. The van der Waals surface area contributed by atoms with E-state index in [4.69, 9.17) is 0 Å². The van der Waals surface area contributed by atoms with Gasteiger partial charge in [0.1, 0.15) is 0 Å². The van der Waals surface area contributed by atoms with E-state index in [1.807, 2.05) is 0 Å². The molecule has 2 rings (SSSR count). The molecular weight excluding hydrogens is 236 g/mol. The van der Waals surface area contributed by atoms with Gasteiger partial charge in [0, 0.05) is 26.0 Å². The summed E-state index contributed by atoms with van der Waals surface area (Å²) in [6.45, 7) is -0.0106. The van der Waals surface area contributed by atoms with Crippen molar-refractivity contribution in [1.29, 1.82) is 0 Å². The monoisotopic (exact) mass is 248 g/mol. The summed E-state index contributed by atoms with van der Waals surface area (Å²) < 4.78 is 0.